The average molecular weight is 275 g/mol. The number of hydrogen-bond acceptors (Lipinski definition) is 5. The Labute approximate surface area is 121 Å². The minimum atomic E-state index is 0.576. The van der Waals surface area contributed by atoms with Gasteiger partial charge in [-0.1, -0.05) is 0 Å². The second-order valence-electron chi connectivity index (χ2n) is 6.14. The maximum atomic E-state index is 5.82. The van der Waals surface area contributed by atoms with Gasteiger partial charge in [-0.05, 0) is 51.6 Å². The summed E-state index contributed by atoms with van der Waals surface area (Å²) in [6.45, 7) is 7.99. The molecule has 110 valence electrons. The van der Waals surface area contributed by atoms with Crippen molar-refractivity contribution >= 4 is 11.6 Å². The lowest BCUT2D eigenvalue weighted by molar-refractivity contribution is 0.249. The van der Waals surface area contributed by atoms with E-state index in [1.807, 2.05) is 13.0 Å². The van der Waals surface area contributed by atoms with Gasteiger partial charge in [0.15, 0.2) is 0 Å². The van der Waals surface area contributed by atoms with Crippen molar-refractivity contribution < 1.29 is 0 Å². The van der Waals surface area contributed by atoms with Crippen molar-refractivity contribution in [1.82, 2.24) is 14.9 Å². The Bertz CT molecular complexity index is 427. The third-order valence-corrected chi connectivity index (χ3v) is 4.50. The topological polar surface area (TPSA) is 58.3 Å². The van der Waals surface area contributed by atoms with Crippen LogP contribution in [0.2, 0.25) is 0 Å². The van der Waals surface area contributed by atoms with Crippen LogP contribution in [0.3, 0.4) is 0 Å². The second kappa shape index (κ2) is 5.95. The highest BCUT2D eigenvalue weighted by Gasteiger charge is 2.23. The van der Waals surface area contributed by atoms with Crippen LogP contribution >= 0.6 is 0 Å². The summed E-state index contributed by atoms with van der Waals surface area (Å²) in [6.07, 6.45) is 5.30. The predicted octanol–water partition coefficient (Wildman–Crippen LogP) is 1.68. The smallest absolute Gasteiger partial charge is 0.134 e. The zero-order valence-electron chi connectivity index (χ0n) is 12.4. The van der Waals surface area contributed by atoms with Gasteiger partial charge in [-0.25, -0.2) is 9.97 Å². The molecule has 0 saturated carbocycles. The summed E-state index contributed by atoms with van der Waals surface area (Å²) in [5, 5.41) is 0. The van der Waals surface area contributed by atoms with Gasteiger partial charge in [-0.15, -0.1) is 0 Å². The van der Waals surface area contributed by atoms with E-state index in [1.54, 1.807) is 0 Å². The second-order valence-corrected chi connectivity index (χ2v) is 6.14. The summed E-state index contributed by atoms with van der Waals surface area (Å²) in [5.41, 5.74) is 5.82. The maximum Gasteiger partial charge on any atom is 0.134 e. The van der Waals surface area contributed by atoms with Crippen LogP contribution < -0.4 is 10.6 Å². The van der Waals surface area contributed by atoms with Gasteiger partial charge >= 0.3 is 0 Å². The molecular formula is C15H25N5. The molecule has 2 aliphatic rings. The lowest BCUT2D eigenvalue weighted by atomic mass is 9.96. The molecule has 2 N–H and O–H groups in total. The molecule has 0 unspecified atom stereocenters. The fraction of sp³-hybridized carbons (Fsp3) is 0.733. The fourth-order valence-electron chi connectivity index (χ4n) is 3.41. The predicted molar refractivity (Wildman–Crippen MR) is 81.8 cm³/mol. The summed E-state index contributed by atoms with van der Waals surface area (Å²) < 4.78 is 0. The molecule has 0 amide bonds. The van der Waals surface area contributed by atoms with Crippen LogP contribution in [0.25, 0.3) is 0 Å². The van der Waals surface area contributed by atoms with Crippen LogP contribution in [-0.4, -0.2) is 47.6 Å². The first-order valence-electron chi connectivity index (χ1n) is 7.79. The largest absolute Gasteiger partial charge is 0.384 e. The monoisotopic (exact) mass is 275 g/mol. The summed E-state index contributed by atoms with van der Waals surface area (Å²) >= 11 is 0. The quantitative estimate of drug-likeness (QED) is 0.909. The van der Waals surface area contributed by atoms with Gasteiger partial charge < -0.3 is 15.5 Å². The molecule has 0 bridgehead atoms. The van der Waals surface area contributed by atoms with Gasteiger partial charge in [-0.3, -0.25) is 0 Å². The van der Waals surface area contributed by atoms with Crippen LogP contribution in [0.5, 0.6) is 0 Å². The molecule has 0 aromatic carbocycles. The average Bonchev–Trinajstić information content (AvgIpc) is 2.91. The number of nitrogen functional groups attached to an aromatic ring is 1. The van der Waals surface area contributed by atoms with Crippen molar-refractivity contribution in [2.45, 2.75) is 32.6 Å². The van der Waals surface area contributed by atoms with Crippen LogP contribution in [-0.2, 0) is 0 Å². The molecule has 2 saturated heterocycles. The Kier molecular flexibility index (Phi) is 4.05. The van der Waals surface area contributed by atoms with Crippen molar-refractivity contribution in [3.8, 4) is 0 Å². The molecule has 5 heteroatoms. The SMILES string of the molecule is Cc1nc(N)cc(N2CCC(CN3CCCC3)CC2)n1. The Balaban J connectivity index is 1.55. The normalized spacial score (nSPS) is 21.6. The van der Waals surface area contributed by atoms with Crippen molar-refractivity contribution in [3.05, 3.63) is 11.9 Å². The van der Waals surface area contributed by atoms with E-state index in [1.165, 1.54) is 45.3 Å². The fourth-order valence-corrected chi connectivity index (χ4v) is 3.41. The van der Waals surface area contributed by atoms with E-state index in [2.05, 4.69) is 19.8 Å². The van der Waals surface area contributed by atoms with Crippen LogP contribution in [0.15, 0.2) is 6.07 Å². The first kappa shape index (κ1) is 13.6. The highest BCUT2D eigenvalue weighted by Crippen LogP contribution is 2.24. The van der Waals surface area contributed by atoms with Crippen LogP contribution in [0.4, 0.5) is 11.6 Å². The minimum Gasteiger partial charge on any atom is -0.384 e. The summed E-state index contributed by atoms with van der Waals surface area (Å²) in [6, 6.07) is 1.90. The Morgan fingerprint density at radius 3 is 2.50 bits per heavy atom. The molecule has 0 radical (unpaired) electrons. The van der Waals surface area contributed by atoms with E-state index in [9.17, 15) is 0 Å². The Morgan fingerprint density at radius 1 is 1.15 bits per heavy atom. The summed E-state index contributed by atoms with van der Waals surface area (Å²) in [4.78, 5) is 13.6. The Morgan fingerprint density at radius 2 is 1.85 bits per heavy atom. The number of likely N-dealkylation sites (tertiary alicyclic amines) is 1. The van der Waals surface area contributed by atoms with E-state index in [4.69, 9.17) is 5.73 Å². The number of hydrogen-bond donors (Lipinski definition) is 1. The van der Waals surface area contributed by atoms with Crippen molar-refractivity contribution in [2.24, 2.45) is 5.92 Å². The summed E-state index contributed by atoms with van der Waals surface area (Å²) in [7, 11) is 0. The number of piperidine rings is 1. The van der Waals surface area contributed by atoms with E-state index in [0.717, 1.165) is 30.6 Å². The van der Waals surface area contributed by atoms with Gasteiger partial charge in [0.25, 0.3) is 0 Å². The van der Waals surface area contributed by atoms with Gasteiger partial charge in [0.05, 0.1) is 0 Å². The molecule has 0 atom stereocenters. The molecule has 2 aliphatic heterocycles. The molecule has 0 spiro atoms. The van der Waals surface area contributed by atoms with E-state index in [0.29, 0.717) is 5.82 Å². The van der Waals surface area contributed by atoms with Crippen molar-refractivity contribution in [1.29, 1.82) is 0 Å². The number of rotatable bonds is 3. The van der Waals surface area contributed by atoms with E-state index in [-0.39, 0.29) is 0 Å². The lowest BCUT2D eigenvalue weighted by Crippen LogP contribution is -2.38. The van der Waals surface area contributed by atoms with Gasteiger partial charge in [0.1, 0.15) is 17.5 Å². The zero-order chi connectivity index (χ0) is 13.9. The molecule has 0 aliphatic carbocycles. The first-order chi connectivity index (χ1) is 9.70. The number of anilines is 2. The van der Waals surface area contributed by atoms with E-state index < -0.39 is 0 Å². The van der Waals surface area contributed by atoms with Crippen LogP contribution in [0, 0.1) is 12.8 Å². The third kappa shape index (κ3) is 3.20. The van der Waals surface area contributed by atoms with Crippen LogP contribution in [0.1, 0.15) is 31.5 Å². The first-order valence-corrected chi connectivity index (χ1v) is 7.79. The molecule has 1 aromatic rings. The number of nitrogens with two attached hydrogens (primary N) is 1. The molecule has 3 rings (SSSR count). The number of aryl methyl sites for hydroxylation is 1. The standard InChI is InChI=1S/C15H25N5/c1-12-17-14(16)10-15(18-12)20-8-4-13(5-9-20)11-19-6-2-3-7-19/h10,13H,2-9,11H2,1H3,(H2,16,17,18). The van der Waals surface area contributed by atoms with Gasteiger partial charge in [0.2, 0.25) is 0 Å². The molecule has 2 fully saturated rings. The molecule has 1 aromatic heterocycles. The van der Waals surface area contributed by atoms with Gasteiger partial charge in [-0.2, -0.15) is 0 Å². The summed E-state index contributed by atoms with van der Waals surface area (Å²) in [5.74, 6) is 3.19. The molecule has 5 nitrogen and oxygen atoms in total. The lowest BCUT2D eigenvalue weighted by Gasteiger charge is -2.34. The number of aromatic nitrogens is 2. The van der Waals surface area contributed by atoms with Gasteiger partial charge in [0, 0.05) is 25.7 Å². The highest BCUT2D eigenvalue weighted by atomic mass is 15.2. The van der Waals surface area contributed by atoms with Crippen molar-refractivity contribution in [3.63, 3.8) is 0 Å². The highest BCUT2D eigenvalue weighted by molar-refractivity contribution is 5.47. The molecule has 20 heavy (non-hydrogen) atoms. The van der Waals surface area contributed by atoms with E-state index >= 15 is 0 Å². The third-order valence-electron chi connectivity index (χ3n) is 4.50. The maximum absolute atomic E-state index is 5.82. The zero-order valence-corrected chi connectivity index (χ0v) is 12.4. The Hall–Kier alpha value is -1.36. The molecule has 3 heterocycles. The van der Waals surface area contributed by atoms with Crippen molar-refractivity contribution in [2.75, 3.05) is 43.4 Å². The molecular weight excluding hydrogens is 250 g/mol. The number of nitrogens with zero attached hydrogens (tertiary/aromatic N) is 4. The minimum absolute atomic E-state index is 0.576.